The molecule has 13 heteroatoms. The average Bonchev–Trinajstić information content (AvgIpc) is 3.37. The van der Waals surface area contributed by atoms with Gasteiger partial charge in [-0.1, -0.05) is 38.1 Å². The molecule has 0 saturated heterocycles. The third-order valence-corrected chi connectivity index (χ3v) is 8.14. The fourth-order valence-electron chi connectivity index (χ4n) is 4.44. The van der Waals surface area contributed by atoms with Crippen molar-refractivity contribution in [3.8, 4) is 5.75 Å². The van der Waals surface area contributed by atoms with Gasteiger partial charge in [0.15, 0.2) is 0 Å². The van der Waals surface area contributed by atoms with Crippen LogP contribution in [-0.4, -0.2) is 50.8 Å². The Morgan fingerprint density at radius 3 is 2.35 bits per heavy atom. The van der Waals surface area contributed by atoms with Crippen molar-refractivity contribution in [1.82, 2.24) is 10.0 Å². The van der Waals surface area contributed by atoms with E-state index in [0.29, 0.717) is 34.0 Å². The highest BCUT2D eigenvalue weighted by Gasteiger charge is 2.24. The third kappa shape index (κ3) is 10.7. The second-order valence-electron chi connectivity index (χ2n) is 10.7. The van der Waals surface area contributed by atoms with E-state index in [1.165, 1.54) is 18.4 Å². The summed E-state index contributed by atoms with van der Waals surface area (Å²) in [6.45, 7) is 5.97. The number of sulfonamides is 1. The van der Waals surface area contributed by atoms with E-state index >= 15 is 0 Å². The molecule has 0 radical (unpaired) electrons. The van der Waals surface area contributed by atoms with Crippen LogP contribution >= 0.6 is 11.3 Å². The Labute approximate surface area is 256 Å². The highest BCUT2D eigenvalue weighted by atomic mass is 32.2. The molecule has 0 aliphatic heterocycles. The van der Waals surface area contributed by atoms with Crippen LogP contribution in [0.25, 0.3) is 0 Å². The molecule has 1 heterocycles. The second-order valence-corrected chi connectivity index (χ2v) is 13.5. The Morgan fingerprint density at radius 2 is 1.72 bits per heavy atom. The lowest BCUT2D eigenvalue weighted by Gasteiger charge is -2.20. The van der Waals surface area contributed by atoms with Gasteiger partial charge in [-0.15, -0.1) is 11.3 Å². The van der Waals surface area contributed by atoms with E-state index in [4.69, 9.17) is 4.74 Å². The van der Waals surface area contributed by atoms with Crippen molar-refractivity contribution in [3.05, 3.63) is 75.5 Å². The molecule has 1 aromatic heterocycles. The van der Waals surface area contributed by atoms with E-state index in [2.05, 4.69) is 20.7 Å². The van der Waals surface area contributed by atoms with Gasteiger partial charge in [0.2, 0.25) is 15.9 Å². The summed E-state index contributed by atoms with van der Waals surface area (Å²) in [6, 6.07) is 12.3. The lowest BCUT2D eigenvalue weighted by molar-refractivity contribution is -0.138. The number of aliphatic carboxylic acids is 1. The lowest BCUT2D eigenvalue weighted by Crippen LogP contribution is -2.41. The van der Waals surface area contributed by atoms with Crippen LogP contribution in [0.1, 0.15) is 47.9 Å². The fraction of sp³-hybridized carbons (Fsp3) is 0.367. The molecule has 11 nitrogen and oxygen atoms in total. The number of carboxylic acid groups (broad SMARTS) is 1. The van der Waals surface area contributed by atoms with Crippen LogP contribution < -0.4 is 25.4 Å². The van der Waals surface area contributed by atoms with E-state index in [1.54, 1.807) is 24.3 Å². The van der Waals surface area contributed by atoms with Crippen LogP contribution in [0.2, 0.25) is 0 Å². The molecule has 0 aliphatic carbocycles. The predicted octanol–water partition coefficient (Wildman–Crippen LogP) is 4.70. The molecule has 0 spiro atoms. The van der Waals surface area contributed by atoms with Gasteiger partial charge >= 0.3 is 12.0 Å². The van der Waals surface area contributed by atoms with Gasteiger partial charge < -0.3 is 25.8 Å². The minimum absolute atomic E-state index is 0.0153. The van der Waals surface area contributed by atoms with Gasteiger partial charge in [0.25, 0.3) is 0 Å². The number of para-hydroxylation sites is 1. The first-order chi connectivity index (χ1) is 20.2. The number of rotatable bonds is 14. The molecule has 0 aliphatic rings. The fourth-order valence-corrected chi connectivity index (χ4v) is 6.13. The highest BCUT2D eigenvalue weighted by molar-refractivity contribution is 7.88. The number of urea groups is 1. The van der Waals surface area contributed by atoms with Crippen molar-refractivity contribution in [2.45, 2.75) is 52.1 Å². The summed E-state index contributed by atoms with van der Waals surface area (Å²) in [5.74, 6) is -0.831. The monoisotopic (exact) mass is 630 g/mol. The van der Waals surface area contributed by atoms with E-state index < -0.39 is 28.1 Å². The standard InChI is InChI=1S/C30H38N4O7S2/c1-18(2)12-25(21-15-22(42-17-21)16-26(29(36)37)34-43(5,39)40)31-28(35)14-20-10-11-24(27(13-20)41-4)33-30(38)32-23-9-7-6-8-19(23)3/h6-11,13,15,17-18,25-26,34H,12,14,16H2,1-5H3,(H,31,35)(H,36,37)(H2,32,33,38). The molecular weight excluding hydrogens is 592 g/mol. The summed E-state index contributed by atoms with van der Waals surface area (Å²) in [5, 5.41) is 20.0. The Bertz CT molecular complexity index is 1550. The van der Waals surface area contributed by atoms with Gasteiger partial charge in [-0.2, -0.15) is 0 Å². The van der Waals surface area contributed by atoms with Crippen LogP contribution in [0, 0.1) is 12.8 Å². The summed E-state index contributed by atoms with van der Waals surface area (Å²) < 4.78 is 30.8. The summed E-state index contributed by atoms with van der Waals surface area (Å²) in [6.07, 6.45) is 1.61. The minimum atomic E-state index is -3.70. The van der Waals surface area contributed by atoms with Crippen molar-refractivity contribution < 1.29 is 32.6 Å². The number of hydrogen-bond donors (Lipinski definition) is 5. The van der Waals surface area contributed by atoms with Crippen LogP contribution in [0.5, 0.6) is 5.75 Å². The van der Waals surface area contributed by atoms with Crippen molar-refractivity contribution in [1.29, 1.82) is 0 Å². The number of aryl methyl sites for hydroxylation is 1. The molecule has 2 atom stereocenters. The maximum Gasteiger partial charge on any atom is 0.323 e. The molecule has 3 aromatic rings. The Balaban J connectivity index is 1.68. The first-order valence-electron chi connectivity index (χ1n) is 13.6. The Kier molecular flexibility index (Phi) is 11.7. The number of carbonyl (C=O) groups is 3. The SMILES string of the molecule is COc1cc(CC(=O)NC(CC(C)C)c2csc(CC(NS(C)(=O)=O)C(=O)O)c2)ccc1NC(=O)Nc1ccccc1C. The van der Waals surface area contributed by atoms with E-state index in [9.17, 15) is 27.9 Å². The van der Waals surface area contributed by atoms with Gasteiger partial charge in [-0.05, 0) is 65.6 Å². The van der Waals surface area contributed by atoms with Crippen molar-refractivity contribution in [2.24, 2.45) is 5.92 Å². The van der Waals surface area contributed by atoms with Gasteiger partial charge in [0.05, 0.1) is 31.5 Å². The number of methoxy groups -OCH3 is 1. The number of carbonyl (C=O) groups excluding carboxylic acids is 2. The third-order valence-electron chi connectivity index (χ3n) is 6.45. The molecule has 0 saturated carbocycles. The van der Waals surface area contributed by atoms with E-state index in [1.807, 2.05) is 50.4 Å². The zero-order valence-electron chi connectivity index (χ0n) is 24.8. The van der Waals surface area contributed by atoms with Crippen LogP contribution in [0.15, 0.2) is 53.9 Å². The van der Waals surface area contributed by atoms with Gasteiger partial charge in [-0.25, -0.2) is 17.9 Å². The number of thiophene rings is 1. The lowest BCUT2D eigenvalue weighted by atomic mass is 9.98. The molecule has 0 bridgehead atoms. The topological polar surface area (TPSA) is 163 Å². The average molecular weight is 631 g/mol. The van der Waals surface area contributed by atoms with Crippen molar-refractivity contribution in [2.75, 3.05) is 24.0 Å². The summed E-state index contributed by atoms with van der Waals surface area (Å²) in [7, 11) is -2.22. The highest BCUT2D eigenvalue weighted by Crippen LogP contribution is 2.29. The van der Waals surface area contributed by atoms with Crippen LogP contribution in [0.4, 0.5) is 16.2 Å². The number of carboxylic acids is 1. The molecular formula is C30H38N4O7S2. The first kappa shape index (κ1) is 33.6. The summed E-state index contributed by atoms with van der Waals surface area (Å²) in [4.78, 5) is 37.9. The zero-order valence-corrected chi connectivity index (χ0v) is 26.4. The molecule has 2 unspecified atom stereocenters. The minimum Gasteiger partial charge on any atom is -0.495 e. The number of hydrogen-bond acceptors (Lipinski definition) is 7. The van der Waals surface area contributed by atoms with Crippen molar-refractivity contribution in [3.63, 3.8) is 0 Å². The molecule has 3 rings (SSSR count). The van der Waals surface area contributed by atoms with Crippen LogP contribution in [-0.2, 0) is 32.5 Å². The maximum absolute atomic E-state index is 13.1. The zero-order chi connectivity index (χ0) is 31.7. The molecule has 43 heavy (non-hydrogen) atoms. The molecule has 0 fully saturated rings. The first-order valence-corrected chi connectivity index (χ1v) is 16.4. The Morgan fingerprint density at radius 1 is 1.02 bits per heavy atom. The number of ether oxygens (including phenoxy) is 1. The Hall–Kier alpha value is -3.94. The smallest absolute Gasteiger partial charge is 0.323 e. The quantitative estimate of drug-likeness (QED) is 0.172. The predicted molar refractivity (Wildman–Crippen MR) is 168 cm³/mol. The summed E-state index contributed by atoms with van der Waals surface area (Å²) >= 11 is 1.31. The molecule has 3 amide bonds. The molecule has 232 valence electrons. The normalized spacial score (nSPS) is 12.8. The maximum atomic E-state index is 13.1. The number of anilines is 2. The summed E-state index contributed by atoms with van der Waals surface area (Å²) in [5.41, 5.74) is 3.57. The number of benzene rings is 2. The molecule has 2 aromatic carbocycles. The molecule has 5 N–H and O–H groups in total. The number of amides is 3. The van der Waals surface area contributed by atoms with Crippen molar-refractivity contribution >= 4 is 50.6 Å². The van der Waals surface area contributed by atoms with Crippen LogP contribution in [0.3, 0.4) is 0 Å². The van der Waals surface area contributed by atoms with Gasteiger partial charge in [-0.3, -0.25) is 9.59 Å². The second kappa shape index (κ2) is 15.0. The number of nitrogens with one attached hydrogen (secondary N) is 4. The van der Waals surface area contributed by atoms with E-state index in [0.717, 1.165) is 17.4 Å². The van der Waals surface area contributed by atoms with E-state index in [-0.39, 0.29) is 30.7 Å². The van der Waals surface area contributed by atoms with Gasteiger partial charge in [0.1, 0.15) is 11.8 Å². The van der Waals surface area contributed by atoms with Gasteiger partial charge in [0, 0.05) is 17.0 Å². The largest absolute Gasteiger partial charge is 0.495 e.